The van der Waals surface area contributed by atoms with E-state index >= 15 is 0 Å². The summed E-state index contributed by atoms with van der Waals surface area (Å²) in [5, 5.41) is 2.92. The molecule has 7 nitrogen and oxygen atoms in total. The molecule has 0 bridgehead atoms. The third-order valence-corrected chi connectivity index (χ3v) is 5.85. The van der Waals surface area contributed by atoms with Gasteiger partial charge in [0, 0.05) is 48.0 Å². The number of nitrogens with one attached hydrogen (secondary N) is 1. The number of amides is 2. The number of aromatic nitrogens is 2. The van der Waals surface area contributed by atoms with Gasteiger partial charge >= 0.3 is 0 Å². The SMILES string of the molecule is Cc1cc(N2CCCC2)nc(CNC(=O)C2CC(=O)N(c3cccc(Br)c3)C2)n1. The van der Waals surface area contributed by atoms with E-state index in [1.165, 1.54) is 12.8 Å². The Morgan fingerprint density at radius 1 is 1.24 bits per heavy atom. The molecule has 2 aliphatic rings. The van der Waals surface area contributed by atoms with Gasteiger partial charge in [-0.2, -0.15) is 0 Å². The van der Waals surface area contributed by atoms with Crippen LogP contribution in [-0.2, 0) is 16.1 Å². The minimum Gasteiger partial charge on any atom is -0.357 e. The second-order valence-corrected chi connectivity index (χ2v) is 8.50. The molecule has 8 heteroatoms. The quantitative estimate of drug-likeness (QED) is 0.746. The van der Waals surface area contributed by atoms with E-state index in [9.17, 15) is 9.59 Å². The molecule has 0 aliphatic carbocycles. The second kappa shape index (κ2) is 8.49. The van der Waals surface area contributed by atoms with Crippen molar-refractivity contribution in [3.8, 4) is 0 Å². The number of halogens is 1. The minimum atomic E-state index is -0.371. The normalized spacial score (nSPS) is 19.1. The van der Waals surface area contributed by atoms with Crippen molar-refractivity contribution in [1.82, 2.24) is 15.3 Å². The van der Waals surface area contributed by atoms with Gasteiger partial charge in [0.15, 0.2) is 0 Å². The Morgan fingerprint density at radius 2 is 2.03 bits per heavy atom. The largest absolute Gasteiger partial charge is 0.357 e. The van der Waals surface area contributed by atoms with Crippen molar-refractivity contribution >= 4 is 39.2 Å². The smallest absolute Gasteiger partial charge is 0.227 e. The van der Waals surface area contributed by atoms with Crippen LogP contribution < -0.4 is 15.1 Å². The lowest BCUT2D eigenvalue weighted by Gasteiger charge is -2.18. The molecule has 1 atom stereocenters. The Balaban J connectivity index is 1.38. The number of carbonyl (C=O) groups is 2. The van der Waals surface area contributed by atoms with Crippen molar-refractivity contribution in [3.05, 3.63) is 46.3 Å². The highest BCUT2D eigenvalue weighted by Crippen LogP contribution is 2.27. The van der Waals surface area contributed by atoms with Gasteiger partial charge in [-0.25, -0.2) is 9.97 Å². The number of rotatable bonds is 5. The first kappa shape index (κ1) is 19.8. The Hall–Kier alpha value is -2.48. The first-order valence-corrected chi connectivity index (χ1v) is 10.7. The zero-order chi connectivity index (χ0) is 20.4. The van der Waals surface area contributed by atoms with Crippen LogP contribution in [0.25, 0.3) is 0 Å². The standard InChI is InChI=1S/C21H24BrN5O2/c1-14-9-19(26-7-2-3-8-26)25-18(24-14)12-23-21(29)15-10-20(28)27(13-15)17-6-4-5-16(22)11-17/h4-6,9,11,15H,2-3,7-8,10,12-13H2,1H3,(H,23,29). The van der Waals surface area contributed by atoms with E-state index in [1.54, 1.807) is 4.90 Å². The first-order valence-electron chi connectivity index (χ1n) is 9.93. The molecule has 1 N–H and O–H groups in total. The average molecular weight is 458 g/mol. The van der Waals surface area contributed by atoms with Gasteiger partial charge in [-0.1, -0.05) is 22.0 Å². The summed E-state index contributed by atoms with van der Waals surface area (Å²) >= 11 is 3.43. The van der Waals surface area contributed by atoms with Crippen molar-refractivity contribution in [1.29, 1.82) is 0 Å². The van der Waals surface area contributed by atoms with Crippen LogP contribution in [0.15, 0.2) is 34.8 Å². The van der Waals surface area contributed by atoms with E-state index in [0.717, 1.165) is 34.8 Å². The van der Waals surface area contributed by atoms with Crippen molar-refractivity contribution in [3.63, 3.8) is 0 Å². The van der Waals surface area contributed by atoms with Crippen LogP contribution in [0.5, 0.6) is 0 Å². The lowest BCUT2D eigenvalue weighted by atomic mass is 10.1. The molecule has 2 aliphatic heterocycles. The summed E-state index contributed by atoms with van der Waals surface area (Å²) in [7, 11) is 0. The Bertz CT molecular complexity index is 929. The molecule has 3 heterocycles. The van der Waals surface area contributed by atoms with Gasteiger partial charge in [0.1, 0.15) is 11.6 Å². The van der Waals surface area contributed by atoms with E-state index in [4.69, 9.17) is 0 Å². The van der Waals surface area contributed by atoms with Crippen LogP contribution >= 0.6 is 15.9 Å². The molecule has 0 saturated carbocycles. The molecular formula is C21H24BrN5O2. The molecule has 1 aromatic carbocycles. The monoisotopic (exact) mass is 457 g/mol. The highest BCUT2D eigenvalue weighted by molar-refractivity contribution is 9.10. The van der Waals surface area contributed by atoms with Crippen LogP contribution in [0.2, 0.25) is 0 Å². The van der Waals surface area contributed by atoms with Crippen LogP contribution in [-0.4, -0.2) is 41.4 Å². The summed E-state index contributed by atoms with van der Waals surface area (Å²) in [6.07, 6.45) is 2.57. The molecule has 29 heavy (non-hydrogen) atoms. The number of aryl methyl sites for hydroxylation is 1. The lowest BCUT2D eigenvalue weighted by molar-refractivity contribution is -0.126. The molecule has 152 valence electrons. The maximum Gasteiger partial charge on any atom is 0.227 e. The topological polar surface area (TPSA) is 78.4 Å². The number of nitrogens with zero attached hydrogens (tertiary/aromatic N) is 4. The Morgan fingerprint density at radius 3 is 2.79 bits per heavy atom. The highest BCUT2D eigenvalue weighted by Gasteiger charge is 2.35. The summed E-state index contributed by atoms with van der Waals surface area (Å²) in [5.74, 6) is 0.990. The molecule has 0 spiro atoms. The van der Waals surface area contributed by atoms with Gasteiger partial charge in [0.25, 0.3) is 0 Å². The zero-order valence-electron chi connectivity index (χ0n) is 16.4. The van der Waals surface area contributed by atoms with Crippen LogP contribution in [0.1, 0.15) is 30.8 Å². The first-order chi connectivity index (χ1) is 14.0. The third-order valence-electron chi connectivity index (χ3n) is 5.35. The molecule has 4 rings (SSSR count). The summed E-state index contributed by atoms with van der Waals surface area (Å²) in [5.41, 5.74) is 1.69. The van der Waals surface area contributed by atoms with Gasteiger partial charge in [-0.3, -0.25) is 9.59 Å². The minimum absolute atomic E-state index is 0.0358. The molecule has 1 aromatic heterocycles. The number of hydrogen-bond acceptors (Lipinski definition) is 5. The van der Waals surface area contributed by atoms with E-state index < -0.39 is 0 Å². The number of carbonyl (C=O) groups excluding carboxylic acids is 2. The highest BCUT2D eigenvalue weighted by atomic mass is 79.9. The summed E-state index contributed by atoms with van der Waals surface area (Å²) in [4.78, 5) is 38.1. The van der Waals surface area contributed by atoms with Crippen LogP contribution in [0.3, 0.4) is 0 Å². The average Bonchev–Trinajstić information content (AvgIpc) is 3.36. The molecule has 1 unspecified atom stereocenters. The Labute approximate surface area is 178 Å². The van der Waals surface area contributed by atoms with Gasteiger partial charge < -0.3 is 15.1 Å². The zero-order valence-corrected chi connectivity index (χ0v) is 18.0. The fraction of sp³-hybridized carbons (Fsp3) is 0.429. The van der Waals surface area contributed by atoms with Crippen molar-refractivity contribution in [2.24, 2.45) is 5.92 Å². The summed E-state index contributed by atoms with van der Waals surface area (Å²) in [6.45, 7) is 4.62. The second-order valence-electron chi connectivity index (χ2n) is 7.58. The number of anilines is 2. The predicted octanol–water partition coefficient (Wildman–Crippen LogP) is 2.82. The summed E-state index contributed by atoms with van der Waals surface area (Å²) in [6, 6.07) is 9.55. The van der Waals surface area contributed by atoms with Crippen molar-refractivity contribution in [2.45, 2.75) is 32.7 Å². The van der Waals surface area contributed by atoms with E-state index in [0.29, 0.717) is 12.4 Å². The van der Waals surface area contributed by atoms with E-state index in [1.807, 2.05) is 37.3 Å². The molecule has 2 saturated heterocycles. The molecule has 2 amide bonds. The third kappa shape index (κ3) is 4.58. The van der Waals surface area contributed by atoms with Gasteiger partial charge in [-0.15, -0.1) is 0 Å². The predicted molar refractivity (Wildman–Crippen MR) is 115 cm³/mol. The maximum absolute atomic E-state index is 12.7. The van der Waals surface area contributed by atoms with Gasteiger partial charge in [-0.05, 0) is 38.0 Å². The molecule has 2 fully saturated rings. The molecule has 2 aromatic rings. The van der Waals surface area contributed by atoms with Crippen molar-refractivity contribution < 1.29 is 9.59 Å². The van der Waals surface area contributed by atoms with Gasteiger partial charge in [0.05, 0.1) is 12.5 Å². The number of benzene rings is 1. The fourth-order valence-electron chi connectivity index (χ4n) is 3.89. The Kier molecular flexibility index (Phi) is 5.80. The molecule has 0 radical (unpaired) electrons. The van der Waals surface area contributed by atoms with E-state index in [-0.39, 0.29) is 30.7 Å². The van der Waals surface area contributed by atoms with Crippen molar-refractivity contribution in [2.75, 3.05) is 29.4 Å². The van der Waals surface area contributed by atoms with Crippen LogP contribution in [0, 0.1) is 12.8 Å². The maximum atomic E-state index is 12.7. The van der Waals surface area contributed by atoms with Crippen LogP contribution in [0.4, 0.5) is 11.5 Å². The van der Waals surface area contributed by atoms with E-state index in [2.05, 4.69) is 36.1 Å². The fourth-order valence-corrected chi connectivity index (χ4v) is 4.27. The molecular weight excluding hydrogens is 434 g/mol. The lowest BCUT2D eigenvalue weighted by Crippen LogP contribution is -2.33. The summed E-state index contributed by atoms with van der Waals surface area (Å²) < 4.78 is 0.904. The number of hydrogen-bond donors (Lipinski definition) is 1. The van der Waals surface area contributed by atoms with Gasteiger partial charge in [0.2, 0.25) is 11.8 Å².